The molecule has 108 valence electrons. The van der Waals surface area contributed by atoms with E-state index in [2.05, 4.69) is 15.2 Å². The van der Waals surface area contributed by atoms with Gasteiger partial charge in [0.1, 0.15) is 11.6 Å². The van der Waals surface area contributed by atoms with E-state index < -0.39 is 11.7 Å². The fraction of sp³-hybridized carbons (Fsp3) is 0.286. The first-order valence-corrected chi connectivity index (χ1v) is 6.40. The van der Waals surface area contributed by atoms with Crippen molar-refractivity contribution >= 4 is 5.91 Å². The van der Waals surface area contributed by atoms with Gasteiger partial charge in [0, 0.05) is 25.6 Å². The molecule has 0 atom stereocenters. The molecule has 0 fully saturated rings. The molecule has 0 radical (unpaired) electrons. The standard InChI is InChI=1S/C14H14FN5O/c1-3-12-17-13(19-18-12)14(21)20(2)8-10-6-9(7-16)4-5-11(10)15/h4-6H,3,8H2,1-2H3,(H,17,18,19). The van der Waals surface area contributed by atoms with Gasteiger partial charge in [-0.2, -0.15) is 5.26 Å². The lowest BCUT2D eigenvalue weighted by Gasteiger charge is -2.15. The Morgan fingerprint density at radius 1 is 1.52 bits per heavy atom. The minimum atomic E-state index is -0.460. The van der Waals surface area contributed by atoms with Crippen molar-refractivity contribution in [3.05, 3.63) is 46.8 Å². The summed E-state index contributed by atoms with van der Waals surface area (Å²) in [5.74, 6) is -0.207. The highest BCUT2D eigenvalue weighted by Gasteiger charge is 2.18. The van der Waals surface area contributed by atoms with Crippen molar-refractivity contribution in [2.24, 2.45) is 0 Å². The van der Waals surface area contributed by atoms with Crippen LogP contribution in [0.4, 0.5) is 4.39 Å². The van der Waals surface area contributed by atoms with Crippen LogP contribution in [-0.4, -0.2) is 33.0 Å². The fourth-order valence-electron chi connectivity index (χ4n) is 1.81. The Hall–Kier alpha value is -2.75. The van der Waals surface area contributed by atoms with E-state index in [4.69, 9.17) is 5.26 Å². The van der Waals surface area contributed by atoms with Crippen LogP contribution in [0.1, 0.15) is 34.5 Å². The van der Waals surface area contributed by atoms with Gasteiger partial charge in [-0.15, -0.1) is 5.10 Å². The van der Waals surface area contributed by atoms with Crippen LogP contribution in [0.3, 0.4) is 0 Å². The lowest BCUT2D eigenvalue weighted by Crippen LogP contribution is -2.27. The Morgan fingerprint density at radius 2 is 2.29 bits per heavy atom. The predicted octanol–water partition coefficient (Wildman–Crippen LogP) is 1.65. The van der Waals surface area contributed by atoms with Crippen molar-refractivity contribution in [3.63, 3.8) is 0 Å². The molecular formula is C14H14FN5O. The maximum absolute atomic E-state index is 13.7. The Kier molecular flexibility index (Phi) is 4.28. The predicted molar refractivity (Wildman–Crippen MR) is 72.7 cm³/mol. The number of carbonyl (C=O) groups is 1. The summed E-state index contributed by atoms with van der Waals surface area (Å²) >= 11 is 0. The van der Waals surface area contributed by atoms with Gasteiger partial charge in [-0.1, -0.05) is 6.92 Å². The van der Waals surface area contributed by atoms with Gasteiger partial charge in [0.25, 0.3) is 5.91 Å². The van der Waals surface area contributed by atoms with Crippen LogP contribution in [0.5, 0.6) is 0 Å². The van der Waals surface area contributed by atoms with Crippen LogP contribution < -0.4 is 0 Å². The highest BCUT2D eigenvalue weighted by Crippen LogP contribution is 2.13. The second kappa shape index (κ2) is 6.13. The summed E-state index contributed by atoms with van der Waals surface area (Å²) in [6.45, 7) is 1.93. The van der Waals surface area contributed by atoms with E-state index in [1.165, 1.54) is 30.1 Å². The van der Waals surface area contributed by atoms with E-state index in [1.54, 1.807) is 0 Å². The smallest absolute Gasteiger partial charge is 0.293 e. The third-order valence-electron chi connectivity index (χ3n) is 2.99. The molecule has 2 aromatic rings. The highest BCUT2D eigenvalue weighted by atomic mass is 19.1. The maximum atomic E-state index is 13.7. The summed E-state index contributed by atoms with van der Waals surface area (Å²) in [6, 6.07) is 5.97. The number of nitrogens with zero attached hydrogens (tertiary/aromatic N) is 4. The van der Waals surface area contributed by atoms with Gasteiger partial charge in [0.05, 0.1) is 11.6 Å². The number of halogens is 1. The number of benzene rings is 1. The summed E-state index contributed by atoms with van der Waals surface area (Å²) < 4.78 is 13.7. The number of nitrogens with one attached hydrogen (secondary N) is 1. The highest BCUT2D eigenvalue weighted by molar-refractivity contribution is 5.90. The topological polar surface area (TPSA) is 85.7 Å². The van der Waals surface area contributed by atoms with Crippen molar-refractivity contribution in [1.29, 1.82) is 5.26 Å². The number of rotatable bonds is 4. The molecule has 1 N–H and O–H groups in total. The molecule has 0 saturated heterocycles. The first kappa shape index (κ1) is 14.7. The molecule has 6 nitrogen and oxygen atoms in total. The van der Waals surface area contributed by atoms with Crippen molar-refractivity contribution in [1.82, 2.24) is 20.1 Å². The van der Waals surface area contributed by atoms with E-state index in [0.29, 0.717) is 17.8 Å². The number of carbonyl (C=O) groups excluding carboxylic acids is 1. The zero-order valence-corrected chi connectivity index (χ0v) is 11.7. The number of aromatic amines is 1. The number of hydrogen-bond donors (Lipinski definition) is 1. The van der Waals surface area contributed by atoms with Crippen molar-refractivity contribution in [2.75, 3.05) is 7.05 Å². The van der Waals surface area contributed by atoms with Crippen LogP contribution in [0, 0.1) is 17.1 Å². The molecule has 0 aliphatic heterocycles. The molecule has 0 aliphatic rings. The first-order valence-electron chi connectivity index (χ1n) is 6.40. The number of nitriles is 1. The van der Waals surface area contributed by atoms with Crippen LogP contribution in [-0.2, 0) is 13.0 Å². The Bertz CT molecular complexity index is 704. The number of H-pyrrole nitrogens is 1. The van der Waals surface area contributed by atoms with Gasteiger partial charge in [-0.05, 0) is 18.2 Å². The van der Waals surface area contributed by atoms with Crippen LogP contribution >= 0.6 is 0 Å². The molecule has 1 aromatic carbocycles. The normalized spacial score (nSPS) is 10.2. The number of aromatic nitrogens is 3. The molecule has 0 bridgehead atoms. The third-order valence-corrected chi connectivity index (χ3v) is 2.99. The zero-order chi connectivity index (χ0) is 15.4. The summed E-state index contributed by atoms with van der Waals surface area (Å²) in [5.41, 5.74) is 0.620. The third kappa shape index (κ3) is 3.23. The Morgan fingerprint density at radius 3 is 2.90 bits per heavy atom. The molecule has 0 unspecified atom stereocenters. The molecule has 1 heterocycles. The SMILES string of the molecule is CCc1nc(C(=O)N(C)Cc2cc(C#N)ccc2F)n[nH]1. The average Bonchev–Trinajstić information content (AvgIpc) is 2.97. The molecule has 21 heavy (non-hydrogen) atoms. The molecule has 0 aliphatic carbocycles. The minimum absolute atomic E-state index is 0.0379. The molecular weight excluding hydrogens is 273 g/mol. The molecule has 7 heteroatoms. The van der Waals surface area contributed by atoms with Crippen molar-refractivity contribution in [3.8, 4) is 6.07 Å². The van der Waals surface area contributed by atoms with Gasteiger partial charge in [-0.25, -0.2) is 9.37 Å². The lowest BCUT2D eigenvalue weighted by molar-refractivity contribution is 0.0772. The van der Waals surface area contributed by atoms with Gasteiger partial charge >= 0.3 is 0 Å². The first-order chi connectivity index (χ1) is 10.0. The van der Waals surface area contributed by atoms with E-state index in [0.717, 1.165) is 0 Å². The number of hydrogen-bond acceptors (Lipinski definition) is 4. The molecule has 2 rings (SSSR count). The monoisotopic (exact) mass is 287 g/mol. The molecule has 0 saturated carbocycles. The van der Waals surface area contributed by atoms with Gasteiger partial charge in [0.15, 0.2) is 0 Å². The molecule has 1 aromatic heterocycles. The minimum Gasteiger partial charge on any atom is -0.334 e. The van der Waals surface area contributed by atoms with Gasteiger partial charge < -0.3 is 4.90 Å². The summed E-state index contributed by atoms with van der Waals surface area (Å²) in [7, 11) is 1.53. The Balaban J connectivity index is 2.16. The lowest BCUT2D eigenvalue weighted by atomic mass is 10.1. The fourth-order valence-corrected chi connectivity index (χ4v) is 1.81. The zero-order valence-electron chi connectivity index (χ0n) is 11.7. The number of amides is 1. The van der Waals surface area contributed by atoms with E-state index in [1.807, 2.05) is 13.0 Å². The van der Waals surface area contributed by atoms with Crippen LogP contribution in [0.15, 0.2) is 18.2 Å². The second-order valence-electron chi connectivity index (χ2n) is 4.54. The summed E-state index contributed by atoms with van der Waals surface area (Å²) in [5, 5.41) is 15.3. The van der Waals surface area contributed by atoms with Crippen LogP contribution in [0.25, 0.3) is 0 Å². The van der Waals surface area contributed by atoms with Gasteiger partial charge in [0.2, 0.25) is 5.82 Å². The summed E-state index contributed by atoms with van der Waals surface area (Å²) in [6.07, 6.45) is 0.642. The number of aryl methyl sites for hydroxylation is 1. The quantitative estimate of drug-likeness (QED) is 0.926. The Labute approximate surface area is 121 Å². The largest absolute Gasteiger partial charge is 0.334 e. The molecule has 1 amide bonds. The average molecular weight is 287 g/mol. The van der Waals surface area contributed by atoms with Crippen LogP contribution in [0.2, 0.25) is 0 Å². The maximum Gasteiger partial charge on any atom is 0.293 e. The van der Waals surface area contributed by atoms with E-state index in [9.17, 15) is 9.18 Å². The van der Waals surface area contributed by atoms with Gasteiger partial charge in [-0.3, -0.25) is 9.89 Å². The summed E-state index contributed by atoms with van der Waals surface area (Å²) in [4.78, 5) is 17.5. The van der Waals surface area contributed by atoms with Crippen molar-refractivity contribution in [2.45, 2.75) is 19.9 Å². The van der Waals surface area contributed by atoms with Crippen molar-refractivity contribution < 1.29 is 9.18 Å². The van der Waals surface area contributed by atoms with E-state index in [-0.39, 0.29) is 17.9 Å². The van der Waals surface area contributed by atoms with E-state index >= 15 is 0 Å². The molecule has 0 spiro atoms. The second-order valence-corrected chi connectivity index (χ2v) is 4.54.